The van der Waals surface area contributed by atoms with Gasteiger partial charge in [-0.2, -0.15) is 5.10 Å². The second-order valence-corrected chi connectivity index (χ2v) is 7.70. The topological polar surface area (TPSA) is 89.0 Å². The van der Waals surface area contributed by atoms with E-state index < -0.39 is 0 Å². The fourth-order valence-electron chi connectivity index (χ4n) is 3.20. The molecule has 0 aliphatic carbocycles. The number of benzene rings is 3. The fraction of sp³-hybridized carbons (Fsp3) is 0.125. The molecule has 3 aromatic carbocycles. The Kier molecular flexibility index (Phi) is 6.09. The summed E-state index contributed by atoms with van der Waals surface area (Å²) in [7, 11) is 1.62. The number of para-hydroxylation sites is 1. The first-order chi connectivity index (χ1) is 15.4. The van der Waals surface area contributed by atoms with Gasteiger partial charge in [-0.15, -0.1) is 0 Å². The third-order valence-electron chi connectivity index (χ3n) is 5.06. The van der Waals surface area contributed by atoms with Gasteiger partial charge in [-0.25, -0.2) is 9.89 Å². The standard InChI is InChI=1S/C24H21ClN4O3/c1-15-11-21(32-14-22-27-28-24(31)29(22)2)19(13-20(15)25)16-7-6-8-17(12-16)23(30)26-18-9-4-3-5-10-18/h3-13H,14H2,1-2H3,(H,26,30)(H,28,31). The predicted molar refractivity (Wildman–Crippen MR) is 124 cm³/mol. The minimum atomic E-state index is -0.312. The van der Waals surface area contributed by atoms with Gasteiger partial charge in [-0.3, -0.25) is 9.36 Å². The molecule has 0 aliphatic heterocycles. The number of amides is 1. The van der Waals surface area contributed by atoms with Gasteiger partial charge in [0.15, 0.2) is 5.82 Å². The van der Waals surface area contributed by atoms with E-state index in [0.29, 0.717) is 22.2 Å². The number of nitrogens with one attached hydrogen (secondary N) is 2. The monoisotopic (exact) mass is 448 g/mol. The van der Waals surface area contributed by atoms with Crippen molar-refractivity contribution in [1.29, 1.82) is 0 Å². The number of ether oxygens (including phenoxy) is 1. The van der Waals surface area contributed by atoms with Crippen molar-refractivity contribution in [2.75, 3.05) is 5.32 Å². The zero-order valence-electron chi connectivity index (χ0n) is 17.6. The van der Waals surface area contributed by atoms with E-state index in [9.17, 15) is 9.59 Å². The lowest BCUT2D eigenvalue weighted by Crippen LogP contribution is -2.15. The Labute approximate surface area is 189 Å². The number of nitrogens with zero attached hydrogens (tertiary/aromatic N) is 2. The molecular weight excluding hydrogens is 428 g/mol. The van der Waals surface area contributed by atoms with Crippen LogP contribution in [0.25, 0.3) is 11.1 Å². The highest BCUT2D eigenvalue weighted by Gasteiger charge is 2.14. The lowest BCUT2D eigenvalue weighted by molar-refractivity contribution is 0.102. The minimum Gasteiger partial charge on any atom is -0.485 e. The third kappa shape index (κ3) is 4.58. The Morgan fingerprint density at radius 3 is 2.62 bits per heavy atom. The maximum atomic E-state index is 12.7. The van der Waals surface area contributed by atoms with Gasteiger partial charge < -0.3 is 10.1 Å². The summed E-state index contributed by atoms with van der Waals surface area (Å²) in [4.78, 5) is 24.3. The van der Waals surface area contributed by atoms with Gasteiger partial charge in [0.2, 0.25) is 0 Å². The van der Waals surface area contributed by atoms with E-state index in [1.165, 1.54) is 4.57 Å². The summed E-state index contributed by atoms with van der Waals surface area (Å²) in [5.74, 6) is 0.817. The molecule has 32 heavy (non-hydrogen) atoms. The van der Waals surface area contributed by atoms with Crippen LogP contribution >= 0.6 is 11.6 Å². The maximum absolute atomic E-state index is 12.7. The molecule has 4 rings (SSSR count). The first kappa shape index (κ1) is 21.4. The minimum absolute atomic E-state index is 0.0947. The number of hydrogen-bond donors (Lipinski definition) is 2. The van der Waals surface area contributed by atoms with Crippen LogP contribution in [0, 0.1) is 6.92 Å². The molecule has 0 bridgehead atoms. The van der Waals surface area contributed by atoms with Crippen molar-refractivity contribution in [3.63, 3.8) is 0 Å². The summed E-state index contributed by atoms with van der Waals surface area (Å²) in [6, 6.07) is 20.1. The van der Waals surface area contributed by atoms with Crippen LogP contribution in [0.4, 0.5) is 5.69 Å². The number of hydrogen-bond acceptors (Lipinski definition) is 4. The van der Waals surface area contributed by atoms with Gasteiger partial charge >= 0.3 is 5.69 Å². The zero-order valence-corrected chi connectivity index (χ0v) is 18.3. The van der Waals surface area contributed by atoms with E-state index >= 15 is 0 Å². The second kappa shape index (κ2) is 9.11. The molecule has 0 radical (unpaired) electrons. The van der Waals surface area contributed by atoms with Crippen LogP contribution < -0.4 is 15.7 Å². The van der Waals surface area contributed by atoms with Crippen molar-refractivity contribution in [1.82, 2.24) is 14.8 Å². The first-order valence-corrected chi connectivity index (χ1v) is 10.3. The van der Waals surface area contributed by atoms with E-state index in [0.717, 1.165) is 22.4 Å². The fourth-order valence-corrected chi connectivity index (χ4v) is 3.37. The van der Waals surface area contributed by atoms with Crippen molar-refractivity contribution in [2.45, 2.75) is 13.5 Å². The quantitative estimate of drug-likeness (QED) is 0.452. The summed E-state index contributed by atoms with van der Waals surface area (Å²) in [5, 5.41) is 9.83. The van der Waals surface area contributed by atoms with Crippen LogP contribution in [0.5, 0.6) is 5.75 Å². The summed E-state index contributed by atoms with van der Waals surface area (Å²) in [6.45, 7) is 1.98. The summed E-state index contributed by atoms with van der Waals surface area (Å²) >= 11 is 6.39. The van der Waals surface area contributed by atoms with Crippen LogP contribution in [-0.4, -0.2) is 20.7 Å². The molecule has 1 aromatic heterocycles. The molecule has 1 heterocycles. The van der Waals surface area contributed by atoms with E-state index in [4.69, 9.17) is 16.3 Å². The van der Waals surface area contributed by atoms with Crippen LogP contribution in [0.1, 0.15) is 21.7 Å². The van der Waals surface area contributed by atoms with E-state index in [-0.39, 0.29) is 18.2 Å². The number of aromatic nitrogens is 3. The van der Waals surface area contributed by atoms with E-state index in [2.05, 4.69) is 15.5 Å². The van der Waals surface area contributed by atoms with Gasteiger partial charge in [0.25, 0.3) is 5.91 Å². The van der Waals surface area contributed by atoms with Crippen LogP contribution in [0.2, 0.25) is 5.02 Å². The normalized spacial score (nSPS) is 10.7. The average molecular weight is 449 g/mol. The van der Waals surface area contributed by atoms with Crippen molar-refractivity contribution >= 4 is 23.2 Å². The first-order valence-electron chi connectivity index (χ1n) is 9.92. The largest absolute Gasteiger partial charge is 0.485 e. The number of carbonyl (C=O) groups excluding carboxylic acids is 1. The molecule has 162 valence electrons. The molecule has 0 fully saturated rings. The number of aromatic amines is 1. The summed E-state index contributed by atoms with van der Waals surface area (Å²) in [5.41, 5.74) is 3.26. The molecule has 8 heteroatoms. The van der Waals surface area contributed by atoms with Gasteiger partial charge in [0, 0.05) is 28.9 Å². The van der Waals surface area contributed by atoms with Gasteiger partial charge in [0.05, 0.1) is 0 Å². The van der Waals surface area contributed by atoms with E-state index in [1.807, 2.05) is 61.5 Å². The Bertz CT molecular complexity index is 1330. The highest BCUT2D eigenvalue weighted by atomic mass is 35.5. The van der Waals surface area contributed by atoms with Crippen molar-refractivity contribution in [3.05, 3.63) is 99.2 Å². The van der Waals surface area contributed by atoms with Crippen LogP contribution in [0.15, 0.2) is 71.5 Å². The Balaban J connectivity index is 1.64. The smallest absolute Gasteiger partial charge is 0.343 e. The number of carbonyl (C=O) groups is 1. The molecule has 0 saturated carbocycles. The SMILES string of the molecule is Cc1cc(OCc2n[nH]c(=O)n2C)c(-c2cccc(C(=O)Nc3ccccc3)c2)cc1Cl. The Hall–Kier alpha value is -3.84. The molecule has 0 spiro atoms. The molecular formula is C24H21ClN4O3. The summed E-state index contributed by atoms with van der Waals surface area (Å²) < 4.78 is 7.39. The number of halogens is 1. The zero-order chi connectivity index (χ0) is 22.7. The van der Waals surface area contributed by atoms with Crippen LogP contribution in [-0.2, 0) is 13.7 Å². The summed E-state index contributed by atoms with van der Waals surface area (Å²) in [6.07, 6.45) is 0. The second-order valence-electron chi connectivity index (χ2n) is 7.29. The molecule has 0 unspecified atom stereocenters. The molecule has 0 saturated heterocycles. The third-order valence-corrected chi connectivity index (χ3v) is 5.46. The van der Waals surface area contributed by atoms with Gasteiger partial charge in [0.1, 0.15) is 12.4 Å². The number of anilines is 1. The molecule has 0 atom stereocenters. The predicted octanol–water partition coefficient (Wildman–Crippen LogP) is 4.57. The Morgan fingerprint density at radius 1 is 1.12 bits per heavy atom. The molecule has 7 nitrogen and oxygen atoms in total. The van der Waals surface area contributed by atoms with E-state index in [1.54, 1.807) is 19.2 Å². The van der Waals surface area contributed by atoms with Crippen molar-refractivity contribution < 1.29 is 9.53 Å². The van der Waals surface area contributed by atoms with Crippen molar-refractivity contribution in [2.24, 2.45) is 7.05 Å². The van der Waals surface area contributed by atoms with Gasteiger partial charge in [-0.1, -0.05) is 41.9 Å². The number of rotatable bonds is 6. The number of aryl methyl sites for hydroxylation is 1. The highest BCUT2D eigenvalue weighted by molar-refractivity contribution is 6.31. The lowest BCUT2D eigenvalue weighted by atomic mass is 10.0. The molecule has 4 aromatic rings. The van der Waals surface area contributed by atoms with Crippen LogP contribution in [0.3, 0.4) is 0 Å². The van der Waals surface area contributed by atoms with Crippen molar-refractivity contribution in [3.8, 4) is 16.9 Å². The number of H-pyrrole nitrogens is 1. The molecule has 1 amide bonds. The maximum Gasteiger partial charge on any atom is 0.343 e. The molecule has 2 N–H and O–H groups in total. The van der Waals surface area contributed by atoms with Gasteiger partial charge in [-0.05, 0) is 54.4 Å². The molecule has 0 aliphatic rings. The Morgan fingerprint density at radius 2 is 1.91 bits per heavy atom. The average Bonchev–Trinajstić information content (AvgIpc) is 3.12. The lowest BCUT2D eigenvalue weighted by Gasteiger charge is -2.14. The highest BCUT2D eigenvalue weighted by Crippen LogP contribution is 2.35.